The quantitative estimate of drug-likeness (QED) is 0.667. The molecular formula is C15H20N4O5. The van der Waals surface area contributed by atoms with E-state index in [0.29, 0.717) is 23.4 Å². The highest BCUT2D eigenvalue weighted by molar-refractivity contribution is 5.84. The van der Waals surface area contributed by atoms with Gasteiger partial charge in [0.2, 0.25) is 0 Å². The molecule has 9 nitrogen and oxygen atoms in total. The van der Waals surface area contributed by atoms with Gasteiger partial charge in [0.25, 0.3) is 0 Å². The molecule has 1 unspecified atom stereocenters. The Morgan fingerprint density at radius 2 is 2.12 bits per heavy atom. The van der Waals surface area contributed by atoms with E-state index in [9.17, 15) is 20.1 Å². The van der Waals surface area contributed by atoms with E-state index in [1.165, 1.54) is 17.1 Å². The number of Topliss-reactive ketones (excluding diaryl/α,β-unsaturated/α-hetero) is 1. The first-order valence-electron chi connectivity index (χ1n) is 7.82. The van der Waals surface area contributed by atoms with Crippen molar-refractivity contribution < 1.29 is 24.9 Å². The van der Waals surface area contributed by atoms with E-state index in [-0.39, 0.29) is 5.78 Å². The van der Waals surface area contributed by atoms with Gasteiger partial charge < -0.3 is 20.1 Å². The second-order valence-electron chi connectivity index (χ2n) is 5.86. The summed E-state index contributed by atoms with van der Waals surface area (Å²) in [6, 6.07) is 0. The maximum atomic E-state index is 11.9. The molecular weight excluding hydrogens is 316 g/mol. The van der Waals surface area contributed by atoms with Gasteiger partial charge in [-0.05, 0) is 6.92 Å². The molecule has 0 amide bonds. The van der Waals surface area contributed by atoms with Crippen LogP contribution in [0.2, 0.25) is 0 Å². The first-order chi connectivity index (χ1) is 11.5. The van der Waals surface area contributed by atoms with Crippen molar-refractivity contribution in [3.05, 3.63) is 18.3 Å². The highest BCUT2D eigenvalue weighted by Gasteiger charge is 2.44. The molecule has 0 aromatic carbocycles. The number of hydrogen-bond donors (Lipinski definition) is 3. The number of carbonyl (C=O) groups is 1. The van der Waals surface area contributed by atoms with Crippen LogP contribution in [0.4, 0.5) is 0 Å². The number of aliphatic hydroxyl groups excluding tert-OH is 3. The molecule has 1 fully saturated rings. The summed E-state index contributed by atoms with van der Waals surface area (Å²) >= 11 is 0. The SMILES string of the molecule is CCC(=O)C(C)c1ncc2ncn([C@@H]3O[C@H](CO)[C@@H](O)[C@H]3O)c2n1. The molecule has 1 aliphatic heterocycles. The summed E-state index contributed by atoms with van der Waals surface area (Å²) in [4.78, 5) is 24.6. The minimum Gasteiger partial charge on any atom is -0.394 e. The van der Waals surface area contributed by atoms with E-state index in [2.05, 4.69) is 15.0 Å². The number of ether oxygens (including phenoxy) is 1. The van der Waals surface area contributed by atoms with Gasteiger partial charge in [-0.1, -0.05) is 6.92 Å². The van der Waals surface area contributed by atoms with Crippen molar-refractivity contribution in [3.8, 4) is 0 Å². The average molecular weight is 336 g/mol. The highest BCUT2D eigenvalue weighted by Crippen LogP contribution is 2.31. The van der Waals surface area contributed by atoms with Crippen molar-refractivity contribution in [2.45, 2.75) is 50.7 Å². The lowest BCUT2D eigenvalue weighted by molar-refractivity contribution is -0.119. The average Bonchev–Trinajstić information content (AvgIpc) is 3.14. The normalized spacial score (nSPS) is 28.4. The summed E-state index contributed by atoms with van der Waals surface area (Å²) < 4.78 is 6.98. The largest absolute Gasteiger partial charge is 0.394 e. The second kappa shape index (κ2) is 6.52. The van der Waals surface area contributed by atoms with Gasteiger partial charge in [-0.25, -0.2) is 15.0 Å². The van der Waals surface area contributed by atoms with Gasteiger partial charge in [0.05, 0.1) is 25.0 Å². The molecule has 3 N–H and O–H groups in total. The topological polar surface area (TPSA) is 131 Å². The second-order valence-corrected chi connectivity index (χ2v) is 5.86. The molecule has 2 aromatic rings. The number of carbonyl (C=O) groups excluding carboxylic acids is 1. The fourth-order valence-corrected chi connectivity index (χ4v) is 2.79. The molecule has 1 aliphatic rings. The van der Waals surface area contributed by atoms with Crippen LogP contribution in [0.3, 0.4) is 0 Å². The van der Waals surface area contributed by atoms with E-state index >= 15 is 0 Å². The van der Waals surface area contributed by atoms with Crippen LogP contribution in [0.25, 0.3) is 11.2 Å². The number of imidazole rings is 1. The molecule has 0 bridgehead atoms. The lowest BCUT2D eigenvalue weighted by atomic mass is 10.0. The Labute approximate surface area is 137 Å². The maximum Gasteiger partial charge on any atom is 0.165 e. The Bertz CT molecular complexity index is 749. The molecule has 2 aromatic heterocycles. The van der Waals surface area contributed by atoms with E-state index in [1.54, 1.807) is 13.8 Å². The maximum absolute atomic E-state index is 11.9. The third-order valence-corrected chi connectivity index (χ3v) is 4.34. The summed E-state index contributed by atoms with van der Waals surface area (Å²) in [6.07, 6.45) is -0.931. The van der Waals surface area contributed by atoms with E-state index in [1.807, 2.05) is 0 Å². The van der Waals surface area contributed by atoms with Crippen molar-refractivity contribution in [2.75, 3.05) is 6.61 Å². The third-order valence-electron chi connectivity index (χ3n) is 4.34. The molecule has 0 spiro atoms. The van der Waals surface area contributed by atoms with Gasteiger partial charge >= 0.3 is 0 Å². The zero-order valence-electron chi connectivity index (χ0n) is 13.4. The Balaban J connectivity index is 1.99. The van der Waals surface area contributed by atoms with Crippen molar-refractivity contribution in [1.82, 2.24) is 19.5 Å². The fraction of sp³-hybridized carbons (Fsp3) is 0.600. The van der Waals surface area contributed by atoms with Crippen LogP contribution < -0.4 is 0 Å². The third kappa shape index (κ3) is 2.69. The first-order valence-corrected chi connectivity index (χ1v) is 7.82. The van der Waals surface area contributed by atoms with Crippen molar-refractivity contribution in [1.29, 1.82) is 0 Å². The summed E-state index contributed by atoms with van der Waals surface area (Å²) in [5, 5.41) is 29.3. The molecule has 9 heteroatoms. The molecule has 0 radical (unpaired) electrons. The van der Waals surface area contributed by atoms with Crippen LogP contribution in [0.15, 0.2) is 12.5 Å². The number of fused-ring (bicyclic) bond motifs is 1. The first kappa shape index (κ1) is 16.9. The molecule has 1 saturated heterocycles. The lowest BCUT2D eigenvalue weighted by Crippen LogP contribution is -2.33. The Morgan fingerprint density at radius 1 is 1.38 bits per heavy atom. The van der Waals surface area contributed by atoms with Gasteiger partial charge in [0, 0.05) is 6.42 Å². The van der Waals surface area contributed by atoms with Crippen LogP contribution in [-0.4, -0.2) is 65.5 Å². The van der Waals surface area contributed by atoms with Crippen molar-refractivity contribution in [2.24, 2.45) is 0 Å². The van der Waals surface area contributed by atoms with Gasteiger partial charge in [-0.15, -0.1) is 0 Å². The predicted octanol–water partition coefficient (Wildman–Crippen LogP) is -0.480. The van der Waals surface area contributed by atoms with Crippen LogP contribution >= 0.6 is 0 Å². The number of rotatable bonds is 5. The summed E-state index contributed by atoms with van der Waals surface area (Å²) in [5.41, 5.74) is 0.873. The minimum absolute atomic E-state index is 0.0216. The smallest absolute Gasteiger partial charge is 0.165 e. The van der Waals surface area contributed by atoms with Crippen LogP contribution in [-0.2, 0) is 9.53 Å². The van der Waals surface area contributed by atoms with Gasteiger partial charge in [-0.3, -0.25) is 9.36 Å². The number of hydrogen-bond acceptors (Lipinski definition) is 8. The zero-order chi connectivity index (χ0) is 17.4. The predicted molar refractivity (Wildman–Crippen MR) is 82.0 cm³/mol. The summed E-state index contributed by atoms with van der Waals surface area (Å²) in [7, 11) is 0. The van der Waals surface area contributed by atoms with Crippen LogP contribution in [0.1, 0.15) is 38.2 Å². The monoisotopic (exact) mass is 336 g/mol. The number of nitrogens with zero attached hydrogens (tertiary/aromatic N) is 4. The standard InChI is InChI=1S/C15H20N4O5/c1-3-9(21)7(2)13-16-4-8-14(18-13)19(6-17-8)15-12(23)11(22)10(5-20)24-15/h4,6-7,10-12,15,20,22-23H,3,5H2,1-2H3/t7?,10-,11-,12-,15-/m1/s1. The fourth-order valence-electron chi connectivity index (χ4n) is 2.79. The van der Waals surface area contributed by atoms with Crippen molar-refractivity contribution >= 4 is 16.9 Å². The molecule has 3 rings (SSSR count). The summed E-state index contributed by atoms with van der Waals surface area (Å²) in [5.74, 6) is -0.0656. The van der Waals surface area contributed by atoms with Gasteiger partial charge in [0.15, 0.2) is 11.9 Å². The Kier molecular flexibility index (Phi) is 4.59. The van der Waals surface area contributed by atoms with Crippen LogP contribution in [0.5, 0.6) is 0 Å². The number of aromatic nitrogens is 4. The molecule has 5 atom stereocenters. The molecule has 3 heterocycles. The molecule has 0 saturated carbocycles. The van der Waals surface area contributed by atoms with E-state index < -0.39 is 37.1 Å². The Morgan fingerprint density at radius 3 is 2.75 bits per heavy atom. The minimum atomic E-state index is -1.23. The van der Waals surface area contributed by atoms with E-state index in [0.717, 1.165) is 0 Å². The Hall–Kier alpha value is -1.94. The van der Waals surface area contributed by atoms with E-state index in [4.69, 9.17) is 4.74 Å². The molecule has 0 aliphatic carbocycles. The van der Waals surface area contributed by atoms with Gasteiger partial charge in [-0.2, -0.15) is 0 Å². The molecule has 24 heavy (non-hydrogen) atoms. The van der Waals surface area contributed by atoms with Gasteiger partial charge in [0.1, 0.15) is 35.4 Å². The molecule has 130 valence electrons. The highest BCUT2D eigenvalue weighted by atomic mass is 16.6. The van der Waals surface area contributed by atoms with Crippen LogP contribution in [0, 0.1) is 0 Å². The number of ketones is 1. The number of aliphatic hydroxyl groups is 3. The lowest BCUT2D eigenvalue weighted by Gasteiger charge is -2.17. The van der Waals surface area contributed by atoms with Crippen molar-refractivity contribution in [3.63, 3.8) is 0 Å². The summed E-state index contributed by atoms with van der Waals surface area (Å²) in [6.45, 7) is 3.10. The zero-order valence-corrected chi connectivity index (χ0v) is 13.4.